The summed E-state index contributed by atoms with van der Waals surface area (Å²) in [5.41, 5.74) is 6.46. The van der Waals surface area contributed by atoms with E-state index in [1.807, 2.05) is 0 Å². The van der Waals surface area contributed by atoms with E-state index in [2.05, 4.69) is 0 Å². The third-order valence-electron chi connectivity index (χ3n) is 15.4. The maximum atomic E-state index is 7.80. The summed E-state index contributed by atoms with van der Waals surface area (Å²) < 4.78 is 23.4. The molecule has 4 nitrogen and oxygen atoms in total. The van der Waals surface area contributed by atoms with Crippen LogP contribution in [0.3, 0.4) is 0 Å². The van der Waals surface area contributed by atoms with Crippen LogP contribution in [0.4, 0.5) is 0 Å². The van der Waals surface area contributed by atoms with Crippen LogP contribution in [0.25, 0.3) is 0 Å². The topological polar surface area (TPSA) is 53.7 Å². The SMILES string of the molecule is NCCC[Si](OC1CCCCCCCCCCCCCCCCC1)(OC1CCCCCCCCCCCCCCCCC1)OC1CCCCCCCCCCCCCCCCC1. The van der Waals surface area contributed by atoms with Gasteiger partial charge in [-0.1, -0.05) is 289 Å². The molecule has 0 radical (unpaired) electrons. The Kier molecular flexibility index (Phi) is 38.6. The van der Waals surface area contributed by atoms with Crippen molar-refractivity contribution in [3.05, 3.63) is 0 Å². The number of rotatable bonds is 9. The van der Waals surface area contributed by atoms with Crippen molar-refractivity contribution in [2.75, 3.05) is 6.54 Å². The second-order valence-corrected chi connectivity index (χ2v) is 24.0. The van der Waals surface area contributed by atoms with E-state index in [1.165, 1.54) is 327 Å². The zero-order chi connectivity index (χ0) is 43.5. The fourth-order valence-corrected chi connectivity index (χ4v) is 14.6. The third-order valence-corrected chi connectivity index (χ3v) is 18.4. The minimum absolute atomic E-state index is 0.261. The van der Waals surface area contributed by atoms with E-state index in [-0.39, 0.29) is 18.3 Å². The second kappa shape index (κ2) is 42.4. The van der Waals surface area contributed by atoms with Crippen molar-refractivity contribution < 1.29 is 13.3 Å². The molecule has 2 N–H and O–H groups in total. The lowest BCUT2D eigenvalue weighted by Crippen LogP contribution is -2.53. The molecular formula is C57H113NO3Si. The second-order valence-electron chi connectivity index (χ2n) is 21.4. The molecule has 0 spiro atoms. The summed E-state index contributed by atoms with van der Waals surface area (Å²) in [6.07, 6.45) is 71.8. The molecular weight excluding hydrogens is 775 g/mol. The lowest BCUT2D eigenvalue weighted by molar-refractivity contribution is -0.0331. The highest BCUT2D eigenvalue weighted by Crippen LogP contribution is 2.33. The molecule has 3 aliphatic rings. The van der Waals surface area contributed by atoms with E-state index in [9.17, 15) is 0 Å². The molecule has 368 valence electrons. The molecule has 0 atom stereocenters. The van der Waals surface area contributed by atoms with Gasteiger partial charge in [-0.3, -0.25) is 0 Å². The third kappa shape index (κ3) is 32.7. The van der Waals surface area contributed by atoms with E-state index in [1.54, 1.807) is 0 Å². The highest BCUT2D eigenvalue weighted by Gasteiger charge is 2.46. The standard InChI is InChI=1S/C57H113NO3Si/c58-53-46-54-62(59-55-47-40-34-28-22-16-10-4-1-5-11-17-23-29-35-41-48-55,60-56-49-42-36-30-24-18-12-6-2-7-13-19-25-31-37-43-50-56)61-57-51-44-38-32-26-20-14-8-3-9-15-21-27-33-39-45-52-57/h55-57H,1-54,58H2. The van der Waals surface area contributed by atoms with Crippen molar-refractivity contribution in [2.45, 2.75) is 358 Å². The average molecular weight is 889 g/mol. The maximum absolute atomic E-state index is 7.80. The highest BCUT2D eigenvalue weighted by molar-refractivity contribution is 6.60. The first-order chi connectivity index (χ1) is 30.8. The van der Waals surface area contributed by atoms with Crippen LogP contribution in [0.15, 0.2) is 0 Å². The quantitative estimate of drug-likeness (QED) is 0.234. The van der Waals surface area contributed by atoms with Crippen molar-refractivity contribution in [1.29, 1.82) is 0 Å². The number of hydrogen-bond acceptors (Lipinski definition) is 4. The maximum Gasteiger partial charge on any atom is 0.501 e. The van der Waals surface area contributed by atoms with Gasteiger partial charge in [-0.15, -0.1) is 0 Å². The molecule has 3 aliphatic carbocycles. The monoisotopic (exact) mass is 888 g/mol. The molecule has 0 aromatic carbocycles. The molecule has 0 aliphatic heterocycles. The molecule has 0 heterocycles. The van der Waals surface area contributed by atoms with Crippen LogP contribution in [0, 0.1) is 0 Å². The van der Waals surface area contributed by atoms with E-state index < -0.39 is 8.80 Å². The van der Waals surface area contributed by atoms with Crippen LogP contribution >= 0.6 is 0 Å². The summed E-state index contributed by atoms with van der Waals surface area (Å²) in [6.45, 7) is 0.699. The van der Waals surface area contributed by atoms with Gasteiger partial charge < -0.3 is 19.0 Å². The van der Waals surface area contributed by atoms with Gasteiger partial charge in [0.15, 0.2) is 0 Å². The molecule has 5 heteroatoms. The van der Waals surface area contributed by atoms with Gasteiger partial charge in [0.25, 0.3) is 0 Å². The minimum atomic E-state index is -3.06. The van der Waals surface area contributed by atoms with Crippen LogP contribution in [-0.4, -0.2) is 33.7 Å². The Hall–Kier alpha value is 0.0569. The zero-order valence-electron chi connectivity index (χ0n) is 42.2. The normalized spacial score (nSPS) is 24.3. The van der Waals surface area contributed by atoms with E-state index >= 15 is 0 Å². The Morgan fingerprint density at radius 2 is 0.387 bits per heavy atom. The molecule has 0 bridgehead atoms. The molecule has 0 aromatic rings. The van der Waals surface area contributed by atoms with E-state index in [4.69, 9.17) is 19.0 Å². The van der Waals surface area contributed by atoms with Gasteiger partial charge in [-0.2, -0.15) is 0 Å². The summed E-state index contributed by atoms with van der Waals surface area (Å²) >= 11 is 0. The van der Waals surface area contributed by atoms with Crippen molar-refractivity contribution >= 4 is 8.80 Å². The van der Waals surface area contributed by atoms with E-state index in [0.717, 1.165) is 12.5 Å². The number of nitrogens with two attached hydrogens (primary N) is 1. The lowest BCUT2D eigenvalue weighted by atomic mass is 10.00. The van der Waals surface area contributed by atoms with Crippen LogP contribution in [0.2, 0.25) is 6.04 Å². The van der Waals surface area contributed by atoms with Gasteiger partial charge in [-0.05, 0) is 51.5 Å². The Morgan fingerprint density at radius 1 is 0.242 bits per heavy atom. The van der Waals surface area contributed by atoms with Gasteiger partial charge in [0.05, 0.1) is 0 Å². The lowest BCUT2D eigenvalue weighted by Gasteiger charge is -2.39. The average Bonchev–Trinajstić information content (AvgIpc) is 3.27. The Balaban J connectivity index is 1.85. The van der Waals surface area contributed by atoms with Crippen LogP contribution in [0.1, 0.15) is 334 Å². The summed E-state index contributed by atoms with van der Waals surface area (Å²) in [4.78, 5) is 0. The Morgan fingerprint density at radius 3 is 0.532 bits per heavy atom. The van der Waals surface area contributed by atoms with Gasteiger partial charge in [0.1, 0.15) is 0 Å². The van der Waals surface area contributed by atoms with Crippen molar-refractivity contribution in [2.24, 2.45) is 5.73 Å². The molecule has 3 saturated carbocycles. The van der Waals surface area contributed by atoms with Crippen LogP contribution < -0.4 is 5.73 Å². The first kappa shape index (κ1) is 56.4. The van der Waals surface area contributed by atoms with Gasteiger partial charge >= 0.3 is 8.80 Å². The molecule has 0 saturated heterocycles. The first-order valence-electron chi connectivity index (χ1n) is 29.5. The Bertz CT molecular complexity index is 757. The van der Waals surface area contributed by atoms with E-state index in [0.29, 0.717) is 6.54 Å². The van der Waals surface area contributed by atoms with Gasteiger partial charge in [0, 0.05) is 24.4 Å². The molecule has 0 amide bonds. The Labute approximate surface area is 391 Å². The van der Waals surface area contributed by atoms with Gasteiger partial charge in [-0.25, -0.2) is 0 Å². The number of hydrogen-bond donors (Lipinski definition) is 1. The fourth-order valence-electron chi connectivity index (χ4n) is 11.3. The summed E-state index contributed by atoms with van der Waals surface area (Å²) in [7, 11) is -3.06. The summed E-state index contributed by atoms with van der Waals surface area (Å²) in [5, 5.41) is 0. The smallest absolute Gasteiger partial charge is 0.370 e. The van der Waals surface area contributed by atoms with Crippen molar-refractivity contribution in [1.82, 2.24) is 0 Å². The van der Waals surface area contributed by atoms with Crippen molar-refractivity contribution in [3.63, 3.8) is 0 Å². The summed E-state index contributed by atoms with van der Waals surface area (Å²) in [5.74, 6) is 0. The molecule has 3 rings (SSSR count). The molecule has 0 unspecified atom stereocenters. The largest absolute Gasteiger partial charge is 0.501 e. The molecule has 3 fully saturated rings. The zero-order valence-corrected chi connectivity index (χ0v) is 43.2. The fraction of sp³-hybridized carbons (Fsp3) is 1.00. The van der Waals surface area contributed by atoms with Crippen molar-refractivity contribution in [3.8, 4) is 0 Å². The highest BCUT2D eigenvalue weighted by atomic mass is 28.4. The predicted molar refractivity (Wildman–Crippen MR) is 274 cm³/mol. The van der Waals surface area contributed by atoms with Crippen LogP contribution in [-0.2, 0) is 13.3 Å². The first-order valence-corrected chi connectivity index (χ1v) is 31.5. The van der Waals surface area contributed by atoms with Gasteiger partial charge in [0.2, 0.25) is 0 Å². The summed E-state index contributed by atoms with van der Waals surface area (Å²) in [6, 6.07) is 0.910. The molecule has 62 heavy (non-hydrogen) atoms. The van der Waals surface area contributed by atoms with Crippen LogP contribution in [0.5, 0.6) is 0 Å². The predicted octanol–water partition coefficient (Wildman–Crippen LogP) is 19.4. The minimum Gasteiger partial charge on any atom is -0.370 e. The molecule has 0 aromatic heterocycles.